The molecular formula is C18H19BrN6O. The molecule has 7 nitrogen and oxygen atoms in total. The van der Waals surface area contributed by atoms with Gasteiger partial charge in [-0.3, -0.25) is 4.79 Å². The zero-order valence-corrected chi connectivity index (χ0v) is 16.1. The molecule has 0 aliphatic carbocycles. The summed E-state index contributed by atoms with van der Waals surface area (Å²) in [7, 11) is 3.98. The Morgan fingerprint density at radius 2 is 1.88 bits per heavy atom. The Bertz CT molecular complexity index is 891. The van der Waals surface area contributed by atoms with Crippen molar-refractivity contribution in [3.8, 4) is 11.4 Å². The van der Waals surface area contributed by atoms with Crippen LogP contribution in [-0.2, 0) is 17.9 Å². The number of rotatable bonds is 6. The van der Waals surface area contributed by atoms with Crippen molar-refractivity contribution in [2.75, 3.05) is 19.0 Å². The maximum Gasteiger partial charge on any atom is 0.243 e. The fraction of sp³-hybridized carbons (Fsp3) is 0.222. The van der Waals surface area contributed by atoms with Gasteiger partial charge in [-0.2, -0.15) is 4.80 Å². The second-order valence-electron chi connectivity index (χ2n) is 5.96. The summed E-state index contributed by atoms with van der Waals surface area (Å²) in [6.07, 6.45) is 0. The van der Waals surface area contributed by atoms with E-state index in [0.29, 0.717) is 12.4 Å². The highest BCUT2D eigenvalue weighted by atomic mass is 79.9. The molecule has 1 N–H and O–H groups in total. The number of halogens is 1. The molecule has 0 radical (unpaired) electrons. The Hall–Kier alpha value is -2.74. The number of amides is 1. The minimum Gasteiger partial charge on any atom is -0.378 e. The monoisotopic (exact) mass is 414 g/mol. The standard InChI is InChI=1S/C18H19BrN6O/c1-24(2)14-9-7-13(8-10-14)11-20-17(26)12-25-22-18(21-23-25)15-5-3-4-6-16(15)19/h3-10H,11-12H2,1-2H3,(H,20,26). The fourth-order valence-corrected chi connectivity index (χ4v) is 2.82. The first-order valence-corrected chi connectivity index (χ1v) is 8.88. The molecule has 1 aromatic heterocycles. The van der Waals surface area contributed by atoms with Gasteiger partial charge in [-0.15, -0.1) is 10.2 Å². The Morgan fingerprint density at radius 3 is 2.58 bits per heavy atom. The zero-order chi connectivity index (χ0) is 18.5. The molecule has 0 atom stereocenters. The smallest absolute Gasteiger partial charge is 0.243 e. The van der Waals surface area contributed by atoms with Crippen LogP contribution in [0.25, 0.3) is 11.4 Å². The van der Waals surface area contributed by atoms with Gasteiger partial charge in [0.2, 0.25) is 11.7 Å². The van der Waals surface area contributed by atoms with Crippen LogP contribution in [0.5, 0.6) is 0 Å². The van der Waals surface area contributed by atoms with E-state index in [2.05, 4.69) is 36.7 Å². The lowest BCUT2D eigenvalue weighted by Crippen LogP contribution is -2.28. The number of aromatic nitrogens is 4. The van der Waals surface area contributed by atoms with E-state index in [-0.39, 0.29) is 12.5 Å². The molecule has 0 aliphatic heterocycles. The van der Waals surface area contributed by atoms with Crippen LogP contribution in [0.15, 0.2) is 53.0 Å². The van der Waals surface area contributed by atoms with E-state index in [0.717, 1.165) is 21.3 Å². The first kappa shape index (κ1) is 18.1. The molecule has 8 heteroatoms. The number of anilines is 1. The second-order valence-corrected chi connectivity index (χ2v) is 6.82. The van der Waals surface area contributed by atoms with E-state index in [1.807, 2.05) is 67.5 Å². The lowest BCUT2D eigenvalue weighted by atomic mass is 10.2. The average molecular weight is 415 g/mol. The third kappa shape index (κ3) is 4.45. The summed E-state index contributed by atoms with van der Waals surface area (Å²) >= 11 is 3.46. The predicted octanol–water partition coefficient (Wildman–Crippen LogP) is 2.49. The average Bonchev–Trinajstić information content (AvgIpc) is 3.09. The summed E-state index contributed by atoms with van der Waals surface area (Å²) in [6, 6.07) is 15.6. The van der Waals surface area contributed by atoms with E-state index in [4.69, 9.17) is 0 Å². The Morgan fingerprint density at radius 1 is 1.15 bits per heavy atom. The number of carbonyl (C=O) groups is 1. The topological polar surface area (TPSA) is 75.9 Å². The Labute approximate surface area is 160 Å². The second kappa shape index (κ2) is 8.09. The highest BCUT2D eigenvalue weighted by Gasteiger charge is 2.11. The minimum atomic E-state index is -0.169. The van der Waals surface area contributed by atoms with Crippen LogP contribution in [-0.4, -0.2) is 40.2 Å². The maximum atomic E-state index is 12.1. The molecule has 2 aromatic carbocycles. The normalized spacial score (nSPS) is 10.6. The van der Waals surface area contributed by atoms with E-state index < -0.39 is 0 Å². The quantitative estimate of drug-likeness (QED) is 0.670. The van der Waals surface area contributed by atoms with E-state index in [1.54, 1.807) is 0 Å². The molecule has 0 fully saturated rings. The number of hydrogen-bond donors (Lipinski definition) is 1. The SMILES string of the molecule is CN(C)c1ccc(CNC(=O)Cn2nnc(-c3ccccc3Br)n2)cc1. The van der Waals surface area contributed by atoms with Gasteiger partial charge in [0.25, 0.3) is 0 Å². The van der Waals surface area contributed by atoms with E-state index in [9.17, 15) is 4.79 Å². The summed E-state index contributed by atoms with van der Waals surface area (Å²) in [4.78, 5) is 15.4. The van der Waals surface area contributed by atoms with E-state index >= 15 is 0 Å². The molecule has 0 unspecified atom stereocenters. The van der Waals surface area contributed by atoms with Crippen molar-refractivity contribution in [1.82, 2.24) is 25.5 Å². The summed E-state index contributed by atoms with van der Waals surface area (Å²) < 4.78 is 0.880. The first-order chi connectivity index (χ1) is 12.5. The highest BCUT2D eigenvalue weighted by Crippen LogP contribution is 2.24. The summed E-state index contributed by atoms with van der Waals surface area (Å²) in [5.41, 5.74) is 2.98. The number of tetrazole rings is 1. The molecule has 3 rings (SSSR count). The van der Waals surface area contributed by atoms with Gasteiger partial charge < -0.3 is 10.2 Å². The number of hydrogen-bond acceptors (Lipinski definition) is 5. The van der Waals surface area contributed by atoms with Crippen molar-refractivity contribution in [3.05, 3.63) is 58.6 Å². The van der Waals surface area contributed by atoms with Crippen LogP contribution >= 0.6 is 15.9 Å². The predicted molar refractivity (Wildman–Crippen MR) is 104 cm³/mol. The Kier molecular flexibility index (Phi) is 5.62. The lowest BCUT2D eigenvalue weighted by Gasteiger charge is -2.12. The number of carbonyl (C=O) groups excluding carboxylic acids is 1. The van der Waals surface area contributed by atoms with Crippen LogP contribution in [0.3, 0.4) is 0 Å². The van der Waals surface area contributed by atoms with Crippen molar-refractivity contribution in [3.63, 3.8) is 0 Å². The van der Waals surface area contributed by atoms with Gasteiger partial charge >= 0.3 is 0 Å². The van der Waals surface area contributed by atoms with Crippen LogP contribution in [0.2, 0.25) is 0 Å². The van der Waals surface area contributed by atoms with Crippen LogP contribution in [0.1, 0.15) is 5.56 Å². The molecule has 0 saturated heterocycles. The third-order valence-corrected chi connectivity index (χ3v) is 4.49. The zero-order valence-electron chi connectivity index (χ0n) is 14.6. The van der Waals surface area contributed by atoms with Crippen molar-refractivity contribution in [1.29, 1.82) is 0 Å². The van der Waals surface area contributed by atoms with Gasteiger partial charge in [0.05, 0.1) is 0 Å². The van der Waals surface area contributed by atoms with Crippen molar-refractivity contribution in [2.45, 2.75) is 13.1 Å². The molecule has 0 aliphatic rings. The third-order valence-electron chi connectivity index (χ3n) is 3.80. The number of benzene rings is 2. The summed E-state index contributed by atoms with van der Waals surface area (Å²) in [6.45, 7) is 0.478. The van der Waals surface area contributed by atoms with Gasteiger partial charge in [-0.25, -0.2) is 0 Å². The lowest BCUT2D eigenvalue weighted by molar-refractivity contribution is -0.122. The van der Waals surface area contributed by atoms with Gasteiger partial charge in [-0.05, 0) is 35.0 Å². The largest absolute Gasteiger partial charge is 0.378 e. The molecule has 134 valence electrons. The van der Waals surface area contributed by atoms with Crippen LogP contribution < -0.4 is 10.2 Å². The van der Waals surface area contributed by atoms with Gasteiger partial charge in [0.15, 0.2) is 0 Å². The van der Waals surface area contributed by atoms with Crippen molar-refractivity contribution < 1.29 is 4.79 Å². The maximum absolute atomic E-state index is 12.1. The minimum absolute atomic E-state index is 0.0211. The Balaban J connectivity index is 1.56. The molecule has 1 amide bonds. The van der Waals surface area contributed by atoms with E-state index in [1.165, 1.54) is 4.80 Å². The van der Waals surface area contributed by atoms with Gasteiger partial charge in [-0.1, -0.05) is 40.2 Å². The van der Waals surface area contributed by atoms with Gasteiger partial charge in [0, 0.05) is 36.4 Å². The van der Waals surface area contributed by atoms with Crippen molar-refractivity contribution >= 4 is 27.5 Å². The molecule has 0 spiro atoms. The summed E-state index contributed by atoms with van der Waals surface area (Å²) in [5, 5.41) is 15.1. The van der Waals surface area contributed by atoms with Gasteiger partial charge in [0.1, 0.15) is 6.54 Å². The molecule has 0 bridgehead atoms. The fourth-order valence-electron chi connectivity index (χ4n) is 2.36. The van der Waals surface area contributed by atoms with Crippen LogP contribution in [0.4, 0.5) is 5.69 Å². The van der Waals surface area contributed by atoms with Crippen molar-refractivity contribution in [2.24, 2.45) is 0 Å². The molecule has 3 aromatic rings. The molecule has 1 heterocycles. The summed E-state index contributed by atoms with van der Waals surface area (Å²) in [5.74, 6) is 0.308. The molecular weight excluding hydrogens is 396 g/mol. The number of nitrogens with zero attached hydrogens (tertiary/aromatic N) is 5. The number of nitrogens with one attached hydrogen (secondary N) is 1. The first-order valence-electron chi connectivity index (χ1n) is 8.08. The van der Waals surface area contributed by atoms with Crippen LogP contribution in [0, 0.1) is 0 Å². The highest BCUT2D eigenvalue weighted by molar-refractivity contribution is 9.10. The molecule has 26 heavy (non-hydrogen) atoms. The molecule has 0 saturated carbocycles.